The second kappa shape index (κ2) is 8.53. The second-order valence-electron chi connectivity index (χ2n) is 6.92. The van der Waals surface area contributed by atoms with Gasteiger partial charge >= 0.3 is 11.8 Å². The molecule has 2 heterocycles. The Morgan fingerprint density at radius 2 is 1.87 bits per heavy atom. The molecule has 30 heavy (non-hydrogen) atoms. The predicted molar refractivity (Wildman–Crippen MR) is 112 cm³/mol. The summed E-state index contributed by atoms with van der Waals surface area (Å²) in [5.74, 6) is -0.883. The van der Waals surface area contributed by atoms with E-state index in [1.807, 2.05) is 30.3 Å². The number of carbonyl (C=O) groups excluding carboxylic acids is 2. The van der Waals surface area contributed by atoms with Gasteiger partial charge in [0.15, 0.2) is 0 Å². The minimum atomic E-state index is -0.822. The summed E-state index contributed by atoms with van der Waals surface area (Å²) in [5.41, 5.74) is 2.93. The van der Waals surface area contributed by atoms with E-state index >= 15 is 0 Å². The van der Waals surface area contributed by atoms with Crippen molar-refractivity contribution >= 4 is 23.2 Å². The maximum absolute atomic E-state index is 12.4. The van der Waals surface area contributed by atoms with Crippen molar-refractivity contribution in [1.82, 2.24) is 5.32 Å². The summed E-state index contributed by atoms with van der Waals surface area (Å²) in [6.45, 7) is 0.996. The number of hydrogen-bond donors (Lipinski definition) is 2. The van der Waals surface area contributed by atoms with Crippen LogP contribution in [0, 0.1) is 11.3 Å². The fourth-order valence-corrected chi connectivity index (χ4v) is 3.67. The number of anilines is 2. The first-order valence-corrected chi connectivity index (χ1v) is 9.63. The summed E-state index contributed by atoms with van der Waals surface area (Å²) in [6.07, 6.45) is 2.50. The number of fused-ring (bicyclic) bond motifs is 1. The summed E-state index contributed by atoms with van der Waals surface area (Å²) in [6, 6.07) is 20.1. The lowest BCUT2D eigenvalue weighted by molar-refractivity contribution is -0.136. The fourth-order valence-electron chi connectivity index (χ4n) is 3.67. The number of hydrogen-bond acceptors (Lipinski definition) is 5. The van der Waals surface area contributed by atoms with E-state index in [4.69, 9.17) is 9.68 Å². The van der Waals surface area contributed by atoms with E-state index in [1.54, 1.807) is 36.6 Å². The minimum Gasteiger partial charge on any atom is -0.467 e. The van der Waals surface area contributed by atoms with Crippen LogP contribution in [0.3, 0.4) is 0 Å². The molecule has 2 aromatic carbocycles. The molecule has 1 atom stereocenters. The zero-order chi connectivity index (χ0) is 20.9. The lowest BCUT2D eigenvalue weighted by Crippen LogP contribution is -2.41. The van der Waals surface area contributed by atoms with Crippen molar-refractivity contribution in [2.24, 2.45) is 0 Å². The molecule has 2 N–H and O–H groups in total. The third kappa shape index (κ3) is 3.89. The number of furan rings is 1. The molecule has 3 aromatic rings. The van der Waals surface area contributed by atoms with Crippen molar-refractivity contribution in [1.29, 1.82) is 5.26 Å². The van der Waals surface area contributed by atoms with Crippen LogP contribution >= 0.6 is 0 Å². The number of amides is 2. The molecule has 7 nitrogen and oxygen atoms in total. The van der Waals surface area contributed by atoms with E-state index in [0.717, 1.165) is 18.7 Å². The summed E-state index contributed by atoms with van der Waals surface area (Å²) in [4.78, 5) is 26.9. The lowest BCUT2D eigenvalue weighted by Gasteiger charge is -2.29. The molecule has 1 aliphatic rings. The van der Waals surface area contributed by atoms with E-state index in [-0.39, 0.29) is 12.6 Å². The molecule has 0 saturated carbocycles. The number of carbonyl (C=O) groups is 2. The maximum atomic E-state index is 12.4. The lowest BCUT2D eigenvalue weighted by atomic mass is 10.1. The third-order valence-corrected chi connectivity index (χ3v) is 5.13. The van der Waals surface area contributed by atoms with Gasteiger partial charge < -0.3 is 20.0 Å². The van der Waals surface area contributed by atoms with Crippen LogP contribution in [0.5, 0.6) is 0 Å². The average molecular weight is 400 g/mol. The van der Waals surface area contributed by atoms with Gasteiger partial charge in [-0.05, 0) is 42.3 Å². The number of nitrogens with zero attached hydrogens (tertiary/aromatic N) is 2. The van der Waals surface area contributed by atoms with E-state index in [0.29, 0.717) is 17.0 Å². The van der Waals surface area contributed by atoms with Crippen molar-refractivity contribution in [3.05, 3.63) is 83.8 Å². The Morgan fingerprint density at radius 1 is 1.07 bits per heavy atom. The summed E-state index contributed by atoms with van der Waals surface area (Å²) in [5, 5.41) is 14.3. The molecule has 150 valence electrons. The third-order valence-electron chi connectivity index (χ3n) is 5.13. The molecule has 0 radical (unpaired) electrons. The van der Waals surface area contributed by atoms with Crippen molar-refractivity contribution < 1.29 is 14.0 Å². The molecule has 0 spiro atoms. The molecule has 1 aromatic heterocycles. The Hall–Kier alpha value is -4.05. The highest BCUT2D eigenvalue weighted by atomic mass is 16.3. The summed E-state index contributed by atoms with van der Waals surface area (Å²) in [7, 11) is 0. The van der Waals surface area contributed by atoms with Crippen LogP contribution in [0.2, 0.25) is 0 Å². The van der Waals surface area contributed by atoms with Crippen LogP contribution in [0.15, 0.2) is 71.3 Å². The smallest absolute Gasteiger partial charge is 0.313 e. The van der Waals surface area contributed by atoms with Crippen LogP contribution < -0.4 is 15.5 Å². The molecule has 0 fully saturated rings. The van der Waals surface area contributed by atoms with Gasteiger partial charge in [0.25, 0.3) is 0 Å². The van der Waals surface area contributed by atoms with Gasteiger partial charge in [-0.15, -0.1) is 0 Å². The minimum absolute atomic E-state index is 0.202. The molecule has 7 heteroatoms. The number of nitrogens with one attached hydrogen (secondary N) is 2. The summed E-state index contributed by atoms with van der Waals surface area (Å²) >= 11 is 0. The van der Waals surface area contributed by atoms with Gasteiger partial charge in [0.2, 0.25) is 0 Å². The van der Waals surface area contributed by atoms with Crippen molar-refractivity contribution in [2.45, 2.75) is 12.5 Å². The van der Waals surface area contributed by atoms with Gasteiger partial charge in [-0.1, -0.05) is 30.3 Å². The van der Waals surface area contributed by atoms with Crippen molar-refractivity contribution in [2.75, 3.05) is 23.3 Å². The number of benzene rings is 2. The van der Waals surface area contributed by atoms with Gasteiger partial charge in [0.05, 0.1) is 17.5 Å². The molecular formula is C23H20N4O3. The van der Waals surface area contributed by atoms with E-state index < -0.39 is 11.8 Å². The average Bonchev–Trinajstić information content (AvgIpc) is 3.45. The molecule has 0 bridgehead atoms. The van der Waals surface area contributed by atoms with E-state index in [1.165, 1.54) is 5.56 Å². The van der Waals surface area contributed by atoms with Crippen LogP contribution in [0.4, 0.5) is 11.4 Å². The van der Waals surface area contributed by atoms with Gasteiger partial charge in [-0.3, -0.25) is 9.59 Å². The van der Waals surface area contributed by atoms with Gasteiger partial charge in [-0.25, -0.2) is 0 Å². The SMILES string of the molecule is N#Cc1ccccc1NC(=O)C(=O)NC[C@H](c1ccco1)N1CCc2ccccc21. The Kier molecular flexibility index (Phi) is 5.48. The van der Waals surface area contributed by atoms with Crippen molar-refractivity contribution in [3.63, 3.8) is 0 Å². The van der Waals surface area contributed by atoms with E-state index in [9.17, 15) is 9.59 Å². The van der Waals surface area contributed by atoms with E-state index in [2.05, 4.69) is 21.6 Å². The normalized spacial score (nSPS) is 13.2. The molecule has 2 amide bonds. The highest BCUT2D eigenvalue weighted by Gasteiger charge is 2.29. The highest BCUT2D eigenvalue weighted by molar-refractivity contribution is 6.39. The Labute approximate surface area is 173 Å². The molecule has 0 saturated heterocycles. The zero-order valence-corrected chi connectivity index (χ0v) is 16.2. The number of nitriles is 1. The van der Waals surface area contributed by atoms with Crippen molar-refractivity contribution in [3.8, 4) is 6.07 Å². The predicted octanol–water partition coefficient (Wildman–Crippen LogP) is 3.01. The first kappa shape index (κ1) is 19.3. The Balaban J connectivity index is 1.46. The Morgan fingerprint density at radius 3 is 2.67 bits per heavy atom. The quantitative estimate of drug-likeness (QED) is 0.642. The molecular weight excluding hydrogens is 380 g/mol. The Bertz CT molecular complexity index is 1100. The summed E-state index contributed by atoms with van der Waals surface area (Å²) < 4.78 is 5.61. The number of para-hydroxylation sites is 2. The van der Waals surface area contributed by atoms with Crippen LogP contribution in [-0.4, -0.2) is 24.9 Å². The first-order chi connectivity index (χ1) is 14.7. The van der Waals surface area contributed by atoms with Crippen LogP contribution in [-0.2, 0) is 16.0 Å². The second-order valence-corrected chi connectivity index (χ2v) is 6.92. The maximum Gasteiger partial charge on any atom is 0.313 e. The first-order valence-electron chi connectivity index (χ1n) is 9.63. The van der Waals surface area contributed by atoms with Gasteiger partial charge in [-0.2, -0.15) is 5.26 Å². The fraction of sp³-hybridized carbons (Fsp3) is 0.174. The highest BCUT2D eigenvalue weighted by Crippen LogP contribution is 2.34. The topological polar surface area (TPSA) is 98.4 Å². The largest absolute Gasteiger partial charge is 0.467 e. The molecule has 1 aliphatic heterocycles. The van der Waals surface area contributed by atoms with Crippen LogP contribution in [0.25, 0.3) is 0 Å². The zero-order valence-electron chi connectivity index (χ0n) is 16.2. The van der Waals surface area contributed by atoms with Crippen LogP contribution in [0.1, 0.15) is 22.9 Å². The molecule has 0 unspecified atom stereocenters. The number of rotatable bonds is 5. The monoisotopic (exact) mass is 400 g/mol. The van der Waals surface area contributed by atoms with Gasteiger partial charge in [0.1, 0.15) is 17.9 Å². The molecule has 0 aliphatic carbocycles. The standard InChI is InChI=1S/C23H20N4O3/c24-14-17-7-1-3-8-18(17)26-23(29)22(28)25-15-20(21-10-5-13-30-21)27-12-11-16-6-2-4-9-19(16)27/h1-10,13,20H,11-12,15H2,(H,25,28)(H,26,29)/t20-/m1/s1. The van der Waals surface area contributed by atoms with Gasteiger partial charge in [0, 0.05) is 18.8 Å². The molecule has 4 rings (SSSR count).